The monoisotopic (exact) mass is 570 g/mol. The van der Waals surface area contributed by atoms with Gasteiger partial charge < -0.3 is 15.2 Å². The molecule has 1 saturated heterocycles. The molecule has 1 saturated carbocycles. The van der Waals surface area contributed by atoms with Gasteiger partial charge in [-0.2, -0.15) is 0 Å². The van der Waals surface area contributed by atoms with Gasteiger partial charge in [0.25, 0.3) is 5.91 Å². The van der Waals surface area contributed by atoms with Crippen LogP contribution in [0, 0.1) is 17.6 Å². The van der Waals surface area contributed by atoms with Gasteiger partial charge in [-0.05, 0) is 49.4 Å². The Kier molecular flexibility index (Phi) is 9.11. The largest absolute Gasteiger partial charge is 0.355 e. The SMILES string of the molecule is O=C(N[C@H]1CCN(C2CCCCC2)C[C@@H]1C(=O)NCCc1ccccc1Cl)c1cc(-c2ccc(F)cc2F)on1. The first-order chi connectivity index (χ1) is 19.4. The van der Waals surface area contributed by atoms with Crippen molar-refractivity contribution in [2.45, 2.75) is 57.0 Å². The van der Waals surface area contributed by atoms with Crippen molar-refractivity contribution in [1.29, 1.82) is 0 Å². The second kappa shape index (κ2) is 12.9. The van der Waals surface area contributed by atoms with Crippen LogP contribution < -0.4 is 10.6 Å². The number of nitrogens with one attached hydrogen (secondary N) is 2. The molecule has 0 spiro atoms. The Morgan fingerprint density at radius 2 is 1.85 bits per heavy atom. The molecule has 10 heteroatoms. The van der Waals surface area contributed by atoms with Gasteiger partial charge in [-0.3, -0.25) is 14.5 Å². The minimum absolute atomic E-state index is 0.00418. The Bertz CT molecular complexity index is 1340. The maximum Gasteiger partial charge on any atom is 0.273 e. The van der Waals surface area contributed by atoms with Crippen molar-refractivity contribution < 1.29 is 22.9 Å². The summed E-state index contributed by atoms with van der Waals surface area (Å²) in [4.78, 5) is 29.0. The predicted molar refractivity (Wildman–Crippen MR) is 148 cm³/mol. The number of carbonyl (C=O) groups excluding carboxylic acids is 2. The number of amides is 2. The number of piperidine rings is 1. The maximum absolute atomic E-state index is 14.2. The maximum atomic E-state index is 14.2. The third-order valence-corrected chi connectivity index (χ3v) is 8.35. The minimum Gasteiger partial charge on any atom is -0.355 e. The average molecular weight is 571 g/mol. The van der Waals surface area contributed by atoms with Crippen molar-refractivity contribution in [2.75, 3.05) is 19.6 Å². The molecule has 2 N–H and O–H groups in total. The number of hydrogen-bond donors (Lipinski definition) is 2. The number of nitrogens with zero attached hydrogens (tertiary/aromatic N) is 2. The molecule has 2 atom stereocenters. The summed E-state index contributed by atoms with van der Waals surface area (Å²) in [6.07, 6.45) is 7.10. The molecule has 40 heavy (non-hydrogen) atoms. The topological polar surface area (TPSA) is 87.5 Å². The molecule has 1 aromatic heterocycles. The summed E-state index contributed by atoms with van der Waals surface area (Å²) in [6.45, 7) is 1.77. The van der Waals surface area contributed by atoms with Crippen LogP contribution in [0.2, 0.25) is 5.02 Å². The Morgan fingerprint density at radius 3 is 2.62 bits per heavy atom. The van der Waals surface area contributed by atoms with E-state index in [4.69, 9.17) is 16.1 Å². The summed E-state index contributed by atoms with van der Waals surface area (Å²) in [5.74, 6) is -2.59. The van der Waals surface area contributed by atoms with Crippen molar-refractivity contribution in [3.63, 3.8) is 0 Å². The van der Waals surface area contributed by atoms with Gasteiger partial charge >= 0.3 is 0 Å². The van der Waals surface area contributed by atoms with E-state index in [0.717, 1.165) is 37.1 Å². The fraction of sp³-hybridized carbons (Fsp3) is 0.433. The average Bonchev–Trinajstić information content (AvgIpc) is 3.45. The predicted octanol–water partition coefficient (Wildman–Crippen LogP) is 5.39. The van der Waals surface area contributed by atoms with E-state index >= 15 is 0 Å². The molecule has 2 aromatic carbocycles. The third kappa shape index (κ3) is 6.70. The number of benzene rings is 2. The fourth-order valence-corrected chi connectivity index (χ4v) is 6.02. The fourth-order valence-electron chi connectivity index (χ4n) is 5.79. The van der Waals surface area contributed by atoms with E-state index < -0.39 is 29.5 Å². The first-order valence-electron chi connectivity index (χ1n) is 13.9. The highest BCUT2D eigenvalue weighted by atomic mass is 35.5. The van der Waals surface area contributed by atoms with E-state index in [-0.39, 0.29) is 22.9 Å². The second-order valence-electron chi connectivity index (χ2n) is 10.6. The molecule has 3 aromatic rings. The number of hydrogen-bond acceptors (Lipinski definition) is 5. The normalized spacial score (nSPS) is 20.3. The standard InChI is InChI=1S/C30H33ClF2N4O3/c31-24-9-5-4-6-19(24)12-14-34-29(38)23-18-37(21-7-2-1-3-8-21)15-13-26(23)35-30(39)27-17-28(40-36-27)22-11-10-20(32)16-25(22)33/h4-6,9-11,16-17,21,23,26H,1-3,7-8,12-15,18H2,(H,34,38)(H,35,39)/t23-,26-/m0/s1. The number of halogens is 3. The first kappa shape index (κ1) is 28.2. The molecule has 2 fully saturated rings. The highest BCUT2D eigenvalue weighted by Crippen LogP contribution is 2.29. The van der Waals surface area contributed by atoms with Gasteiger partial charge in [0.05, 0.1) is 11.5 Å². The van der Waals surface area contributed by atoms with Crippen molar-refractivity contribution in [2.24, 2.45) is 5.92 Å². The van der Waals surface area contributed by atoms with Crippen LogP contribution in [0.3, 0.4) is 0 Å². The van der Waals surface area contributed by atoms with Crippen molar-refractivity contribution in [3.8, 4) is 11.3 Å². The van der Waals surface area contributed by atoms with Crippen molar-refractivity contribution >= 4 is 23.4 Å². The van der Waals surface area contributed by atoms with E-state index in [9.17, 15) is 18.4 Å². The van der Waals surface area contributed by atoms with Crippen molar-refractivity contribution in [1.82, 2.24) is 20.7 Å². The summed E-state index contributed by atoms with van der Waals surface area (Å²) in [5, 5.41) is 10.5. The molecule has 1 aliphatic carbocycles. The van der Waals surface area contributed by atoms with Crippen LogP contribution in [0.1, 0.15) is 54.6 Å². The lowest BCUT2D eigenvalue weighted by molar-refractivity contribution is -0.128. The highest BCUT2D eigenvalue weighted by molar-refractivity contribution is 6.31. The Hall–Kier alpha value is -3.30. The molecular formula is C30H33ClF2N4O3. The van der Waals surface area contributed by atoms with Gasteiger partial charge in [-0.1, -0.05) is 54.2 Å². The molecule has 2 heterocycles. The smallest absolute Gasteiger partial charge is 0.273 e. The molecular weight excluding hydrogens is 538 g/mol. The van der Waals surface area contributed by atoms with Crippen LogP contribution >= 0.6 is 11.6 Å². The molecule has 2 aliphatic rings. The highest BCUT2D eigenvalue weighted by Gasteiger charge is 2.38. The van der Waals surface area contributed by atoms with Crippen LogP contribution in [0.4, 0.5) is 8.78 Å². The van der Waals surface area contributed by atoms with Gasteiger partial charge in [-0.25, -0.2) is 8.78 Å². The molecule has 212 valence electrons. The molecule has 1 aliphatic heterocycles. The first-order valence-corrected chi connectivity index (χ1v) is 14.2. The summed E-state index contributed by atoms with van der Waals surface area (Å²) in [7, 11) is 0. The lowest BCUT2D eigenvalue weighted by atomic mass is 9.87. The van der Waals surface area contributed by atoms with E-state index in [0.29, 0.717) is 37.0 Å². The summed E-state index contributed by atoms with van der Waals surface area (Å²) in [6, 6.07) is 12.0. The number of carbonyl (C=O) groups is 2. The molecule has 0 radical (unpaired) electrons. The summed E-state index contributed by atoms with van der Waals surface area (Å²) in [5.41, 5.74) is 0.928. The number of likely N-dealkylation sites (tertiary alicyclic amines) is 1. The Balaban J connectivity index is 1.26. The van der Waals surface area contributed by atoms with Gasteiger partial charge in [0, 0.05) is 48.9 Å². The molecule has 2 amide bonds. The van der Waals surface area contributed by atoms with E-state index in [1.54, 1.807) is 0 Å². The van der Waals surface area contributed by atoms with E-state index in [1.165, 1.54) is 31.4 Å². The lowest BCUT2D eigenvalue weighted by Crippen LogP contribution is -2.58. The van der Waals surface area contributed by atoms with Crippen LogP contribution in [-0.2, 0) is 11.2 Å². The van der Waals surface area contributed by atoms with Gasteiger partial charge in [0.1, 0.15) is 11.6 Å². The zero-order valence-corrected chi connectivity index (χ0v) is 22.9. The molecule has 5 rings (SSSR count). The van der Waals surface area contributed by atoms with Gasteiger partial charge in [0.15, 0.2) is 11.5 Å². The lowest BCUT2D eigenvalue weighted by Gasteiger charge is -2.43. The zero-order chi connectivity index (χ0) is 28.1. The molecule has 0 unspecified atom stereocenters. The molecule has 7 nitrogen and oxygen atoms in total. The molecule has 0 bridgehead atoms. The van der Waals surface area contributed by atoms with E-state index in [2.05, 4.69) is 20.7 Å². The van der Waals surface area contributed by atoms with Crippen LogP contribution in [0.5, 0.6) is 0 Å². The summed E-state index contributed by atoms with van der Waals surface area (Å²) >= 11 is 6.27. The Morgan fingerprint density at radius 1 is 1.05 bits per heavy atom. The van der Waals surface area contributed by atoms with Crippen molar-refractivity contribution in [3.05, 3.63) is 76.4 Å². The quantitative estimate of drug-likeness (QED) is 0.379. The van der Waals surface area contributed by atoms with Crippen LogP contribution in [0.25, 0.3) is 11.3 Å². The van der Waals surface area contributed by atoms with E-state index in [1.807, 2.05) is 24.3 Å². The minimum atomic E-state index is -0.813. The third-order valence-electron chi connectivity index (χ3n) is 7.98. The van der Waals surface area contributed by atoms with Gasteiger partial charge in [0.2, 0.25) is 5.91 Å². The number of aromatic nitrogens is 1. The van der Waals surface area contributed by atoms with Crippen LogP contribution in [0.15, 0.2) is 53.1 Å². The zero-order valence-electron chi connectivity index (χ0n) is 22.2. The second-order valence-corrected chi connectivity index (χ2v) is 11.0. The summed E-state index contributed by atoms with van der Waals surface area (Å²) < 4.78 is 32.7. The van der Waals surface area contributed by atoms with Gasteiger partial charge in [-0.15, -0.1) is 0 Å². The number of rotatable bonds is 8. The Labute approximate surface area is 237 Å². The van der Waals surface area contributed by atoms with Crippen LogP contribution in [-0.4, -0.2) is 53.6 Å².